The first-order valence-corrected chi connectivity index (χ1v) is 14.1. The standard InChI is InChI=1S/C37H24N4O/c1-2-11-23(12-3-1)35-38-36(40-37(39-35)41-31-19-8-6-15-26(31)27-16-7-9-20-32(27)41)29-18-10-17-28-30-21-24-13-4-5-14-25(24)22-33(30)42-34(28)29/h1-22,36H,(H,38,39,40). The van der Waals surface area contributed by atoms with Crippen LogP contribution in [0.4, 0.5) is 0 Å². The highest BCUT2D eigenvalue weighted by atomic mass is 16.3. The summed E-state index contributed by atoms with van der Waals surface area (Å²) in [5.41, 5.74) is 5.79. The molecule has 6 aromatic carbocycles. The fraction of sp³-hybridized carbons (Fsp3) is 0.0270. The van der Waals surface area contributed by atoms with Crippen molar-refractivity contribution >= 4 is 66.3 Å². The van der Waals surface area contributed by atoms with Crippen molar-refractivity contribution in [2.75, 3.05) is 0 Å². The van der Waals surface area contributed by atoms with E-state index in [0.717, 1.165) is 61.3 Å². The maximum Gasteiger partial charge on any atom is 0.211 e. The van der Waals surface area contributed by atoms with E-state index in [1.807, 2.05) is 18.2 Å². The molecule has 0 bridgehead atoms. The summed E-state index contributed by atoms with van der Waals surface area (Å²) in [6, 6.07) is 46.2. The van der Waals surface area contributed by atoms with Gasteiger partial charge in [0.2, 0.25) is 5.96 Å². The Labute approximate surface area is 241 Å². The Balaban J connectivity index is 1.30. The number of furan rings is 1. The second-order valence-electron chi connectivity index (χ2n) is 10.7. The van der Waals surface area contributed by atoms with Crippen LogP contribution in [0.5, 0.6) is 0 Å². The monoisotopic (exact) mass is 540 g/mol. The van der Waals surface area contributed by atoms with Gasteiger partial charge in [-0.2, -0.15) is 0 Å². The number of hydrogen-bond donors (Lipinski definition) is 1. The van der Waals surface area contributed by atoms with Gasteiger partial charge in [0, 0.05) is 32.7 Å². The molecule has 9 rings (SSSR count). The van der Waals surface area contributed by atoms with E-state index in [2.05, 4.69) is 125 Å². The van der Waals surface area contributed by atoms with Crippen LogP contribution in [0.15, 0.2) is 148 Å². The van der Waals surface area contributed by atoms with Gasteiger partial charge in [-0.05, 0) is 35.0 Å². The minimum atomic E-state index is -0.505. The fourth-order valence-electron chi connectivity index (χ4n) is 6.29. The molecule has 198 valence electrons. The average Bonchev–Trinajstić information content (AvgIpc) is 3.59. The van der Waals surface area contributed by atoms with Gasteiger partial charge in [-0.25, -0.2) is 9.98 Å². The summed E-state index contributed by atoms with van der Waals surface area (Å²) in [6.45, 7) is 0. The fourth-order valence-corrected chi connectivity index (χ4v) is 6.29. The molecule has 0 saturated carbocycles. The molecule has 1 atom stereocenters. The van der Waals surface area contributed by atoms with E-state index in [0.29, 0.717) is 0 Å². The molecule has 1 unspecified atom stereocenters. The lowest BCUT2D eigenvalue weighted by atomic mass is 10.0. The highest BCUT2D eigenvalue weighted by Crippen LogP contribution is 2.38. The highest BCUT2D eigenvalue weighted by Gasteiger charge is 2.26. The number of para-hydroxylation sites is 3. The molecule has 0 aliphatic carbocycles. The number of amidine groups is 1. The first-order valence-electron chi connectivity index (χ1n) is 14.1. The summed E-state index contributed by atoms with van der Waals surface area (Å²) >= 11 is 0. The van der Waals surface area contributed by atoms with Gasteiger partial charge in [-0.3, -0.25) is 4.57 Å². The number of rotatable bonds is 2. The third-order valence-electron chi connectivity index (χ3n) is 8.24. The molecule has 0 saturated heterocycles. The van der Waals surface area contributed by atoms with Crippen LogP contribution >= 0.6 is 0 Å². The smallest absolute Gasteiger partial charge is 0.211 e. The number of aliphatic imine (C=N–C) groups is 2. The highest BCUT2D eigenvalue weighted by molar-refractivity contribution is 6.18. The molecule has 5 heteroatoms. The summed E-state index contributed by atoms with van der Waals surface area (Å²) in [5.74, 6) is 1.50. The molecule has 3 heterocycles. The quantitative estimate of drug-likeness (QED) is 0.238. The predicted molar refractivity (Wildman–Crippen MR) is 172 cm³/mol. The number of fused-ring (bicyclic) bond motifs is 7. The molecule has 2 aromatic heterocycles. The van der Waals surface area contributed by atoms with E-state index in [1.54, 1.807) is 0 Å². The van der Waals surface area contributed by atoms with Crippen molar-refractivity contribution in [3.8, 4) is 0 Å². The molecule has 1 N–H and O–H groups in total. The van der Waals surface area contributed by atoms with Gasteiger partial charge in [0.05, 0.1) is 11.0 Å². The molecule has 1 aliphatic heterocycles. The summed E-state index contributed by atoms with van der Waals surface area (Å²) < 4.78 is 8.80. The van der Waals surface area contributed by atoms with Gasteiger partial charge in [-0.15, -0.1) is 0 Å². The molecule has 42 heavy (non-hydrogen) atoms. The van der Waals surface area contributed by atoms with Crippen LogP contribution in [0.3, 0.4) is 0 Å². The molecular weight excluding hydrogens is 516 g/mol. The van der Waals surface area contributed by atoms with Crippen molar-refractivity contribution in [2.45, 2.75) is 6.17 Å². The van der Waals surface area contributed by atoms with E-state index in [9.17, 15) is 0 Å². The molecule has 5 nitrogen and oxygen atoms in total. The lowest BCUT2D eigenvalue weighted by Gasteiger charge is -2.23. The topological polar surface area (TPSA) is 54.8 Å². The van der Waals surface area contributed by atoms with Crippen molar-refractivity contribution in [2.24, 2.45) is 9.98 Å². The Kier molecular flexibility index (Phi) is 4.90. The zero-order chi connectivity index (χ0) is 27.6. The summed E-state index contributed by atoms with van der Waals surface area (Å²) in [5, 5.41) is 10.5. The molecule has 0 radical (unpaired) electrons. The Morgan fingerprint density at radius 3 is 1.98 bits per heavy atom. The number of aromatic nitrogens is 1. The van der Waals surface area contributed by atoms with Crippen LogP contribution in [0.1, 0.15) is 17.3 Å². The summed E-state index contributed by atoms with van der Waals surface area (Å²) in [7, 11) is 0. The van der Waals surface area contributed by atoms with Crippen LogP contribution in [-0.4, -0.2) is 16.4 Å². The SMILES string of the molecule is c1ccc(C2=NC(c3cccc4c3oc3cc5ccccc5cc34)N=C(n3c4ccccc4c4ccccc43)N2)cc1. The van der Waals surface area contributed by atoms with Crippen molar-refractivity contribution < 1.29 is 4.42 Å². The van der Waals surface area contributed by atoms with E-state index in [1.165, 1.54) is 16.2 Å². The summed E-state index contributed by atoms with van der Waals surface area (Å²) in [4.78, 5) is 10.4. The van der Waals surface area contributed by atoms with Crippen LogP contribution in [0.2, 0.25) is 0 Å². The first kappa shape index (κ1) is 23.1. The average molecular weight is 541 g/mol. The lowest BCUT2D eigenvalue weighted by Crippen LogP contribution is -2.39. The zero-order valence-electron chi connectivity index (χ0n) is 22.5. The largest absolute Gasteiger partial charge is 0.456 e. The van der Waals surface area contributed by atoms with Gasteiger partial charge in [0.25, 0.3) is 0 Å². The molecule has 0 spiro atoms. The third-order valence-corrected chi connectivity index (χ3v) is 8.24. The Hall–Kier alpha value is -5.68. The number of nitrogens with one attached hydrogen (secondary N) is 1. The molecular formula is C37H24N4O. The third kappa shape index (κ3) is 3.44. The first-order chi connectivity index (χ1) is 20.8. The van der Waals surface area contributed by atoms with Gasteiger partial charge in [0.15, 0.2) is 6.17 Å². The van der Waals surface area contributed by atoms with Gasteiger partial charge in [0.1, 0.15) is 17.0 Å². The van der Waals surface area contributed by atoms with Crippen LogP contribution in [0, 0.1) is 0 Å². The van der Waals surface area contributed by atoms with E-state index in [4.69, 9.17) is 14.4 Å². The minimum absolute atomic E-state index is 0.505. The van der Waals surface area contributed by atoms with E-state index in [-0.39, 0.29) is 0 Å². The Morgan fingerprint density at radius 1 is 0.571 bits per heavy atom. The second kappa shape index (κ2) is 8.91. The number of nitrogens with zero attached hydrogens (tertiary/aromatic N) is 3. The normalized spacial score (nSPS) is 15.4. The summed E-state index contributed by atoms with van der Waals surface area (Å²) in [6.07, 6.45) is -0.505. The minimum Gasteiger partial charge on any atom is -0.456 e. The lowest BCUT2D eigenvalue weighted by molar-refractivity contribution is 0.648. The van der Waals surface area contributed by atoms with Crippen molar-refractivity contribution in [1.29, 1.82) is 0 Å². The van der Waals surface area contributed by atoms with Gasteiger partial charge >= 0.3 is 0 Å². The van der Waals surface area contributed by atoms with Crippen LogP contribution < -0.4 is 5.32 Å². The van der Waals surface area contributed by atoms with E-state index < -0.39 is 6.17 Å². The zero-order valence-corrected chi connectivity index (χ0v) is 22.5. The maximum absolute atomic E-state index is 6.59. The molecule has 8 aromatic rings. The Morgan fingerprint density at radius 2 is 1.21 bits per heavy atom. The number of benzene rings is 6. The van der Waals surface area contributed by atoms with Crippen molar-refractivity contribution in [3.63, 3.8) is 0 Å². The number of hydrogen-bond acceptors (Lipinski definition) is 4. The Bertz CT molecular complexity index is 2340. The van der Waals surface area contributed by atoms with Crippen LogP contribution in [0.25, 0.3) is 54.5 Å². The van der Waals surface area contributed by atoms with Crippen LogP contribution in [-0.2, 0) is 0 Å². The van der Waals surface area contributed by atoms with Gasteiger partial charge in [-0.1, -0.05) is 109 Å². The van der Waals surface area contributed by atoms with E-state index >= 15 is 0 Å². The van der Waals surface area contributed by atoms with Crippen molar-refractivity contribution in [1.82, 2.24) is 9.88 Å². The van der Waals surface area contributed by atoms with Crippen molar-refractivity contribution in [3.05, 3.63) is 145 Å². The second-order valence-corrected chi connectivity index (χ2v) is 10.7. The molecule has 0 amide bonds. The van der Waals surface area contributed by atoms with Gasteiger partial charge < -0.3 is 9.73 Å². The molecule has 0 fully saturated rings. The molecule has 1 aliphatic rings. The maximum atomic E-state index is 6.59. The predicted octanol–water partition coefficient (Wildman–Crippen LogP) is 8.80.